The Bertz CT molecular complexity index is 327. The van der Waals surface area contributed by atoms with Crippen molar-refractivity contribution in [3.63, 3.8) is 0 Å². The number of hydrogen-bond acceptors (Lipinski definition) is 2. The van der Waals surface area contributed by atoms with Gasteiger partial charge >= 0.3 is 0 Å². The third-order valence-corrected chi connectivity index (χ3v) is 3.40. The summed E-state index contributed by atoms with van der Waals surface area (Å²) in [5.41, 5.74) is 1.59. The van der Waals surface area contributed by atoms with Crippen molar-refractivity contribution in [2.24, 2.45) is 5.41 Å². The molecule has 0 heterocycles. The zero-order valence-corrected chi connectivity index (χ0v) is 12.5. The van der Waals surface area contributed by atoms with E-state index in [-0.39, 0.29) is 5.41 Å². The Morgan fingerprint density at radius 1 is 1.11 bits per heavy atom. The topological polar surface area (TPSA) is 15.3 Å². The van der Waals surface area contributed by atoms with Crippen LogP contribution in [0.2, 0.25) is 0 Å². The predicted molar refractivity (Wildman–Crippen MR) is 81.2 cm³/mol. The zero-order valence-electron chi connectivity index (χ0n) is 12.5. The normalized spacial score (nSPS) is 13.4. The van der Waals surface area contributed by atoms with Crippen LogP contribution in [0, 0.1) is 5.41 Å². The molecular formula is C16H28N2. The lowest BCUT2D eigenvalue weighted by atomic mass is 9.86. The molecule has 1 unspecified atom stereocenters. The number of nitrogens with one attached hydrogen (secondary N) is 1. The van der Waals surface area contributed by atoms with Crippen molar-refractivity contribution in [2.45, 2.75) is 40.7 Å². The molecule has 0 radical (unpaired) electrons. The number of nitrogens with zero attached hydrogens (tertiary/aromatic N) is 1. The third-order valence-electron chi connectivity index (χ3n) is 3.40. The van der Waals surface area contributed by atoms with Crippen molar-refractivity contribution >= 4 is 5.69 Å². The summed E-state index contributed by atoms with van der Waals surface area (Å²) in [4.78, 5) is 2.44. The molecule has 0 aliphatic heterocycles. The van der Waals surface area contributed by atoms with Crippen LogP contribution in [-0.4, -0.2) is 25.7 Å². The molecule has 1 aromatic rings. The Kier molecular flexibility index (Phi) is 5.67. The van der Waals surface area contributed by atoms with Gasteiger partial charge in [0, 0.05) is 24.8 Å². The SMILES string of the molecule is CCNC(CN(CC)c1ccccc1)C(C)(C)C. The fraction of sp³-hybridized carbons (Fsp3) is 0.625. The summed E-state index contributed by atoms with van der Waals surface area (Å²) in [6.07, 6.45) is 0. The molecule has 1 N–H and O–H groups in total. The molecule has 1 atom stereocenters. The fourth-order valence-corrected chi connectivity index (χ4v) is 2.17. The summed E-state index contributed by atoms with van der Waals surface area (Å²) < 4.78 is 0. The molecule has 0 aliphatic carbocycles. The Hall–Kier alpha value is -1.02. The van der Waals surface area contributed by atoms with Crippen molar-refractivity contribution in [1.29, 1.82) is 0 Å². The lowest BCUT2D eigenvalue weighted by Crippen LogP contribution is -2.48. The number of benzene rings is 1. The summed E-state index contributed by atoms with van der Waals surface area (Å²) in [6, 6.07) is 11.2. The monoisotopic (exact) mass is 248 g/mol. The first-order chi connectivity index (χ1) is 8.49. The second-order valence-corrected chi connectivity index (χ2v) is 5.85. The Labute approximate surface area is 112 Å². The molecule has 102 valence electrons. The largest absolute Gasteiger partial charge is 0.370 e. The molecule has 18 heavy (non-hydrogen) atoms. The average Bonchev–Trinajstić information content (AvgIpc) is 2.34. The van der Waals surface area contributed by atoms with Gasteiger partial charge in [-0.3, -0.25) is 0 Å². The quantitative estimate of drug-likeness (QED) is 0.828. The van der Waals surface area contributed by atoms with Crippen LogP contribution < -0.4 is 10.2 Å². The molecule has 0 aromatic heterocycles. The third kappa shape index (κ3) is 4.34. The van der Waals surface area contributed by atoms with Crippen molar-refractivity contribution < 1.29 is 0 Å². The minimum Gasteiger partial charge on any atom is -0.370 e. The maximum absolute atomic E-state index is 3.62. The van der Waals surface area contributed by atoms with Crippen LogP contribution in [0.3, 0.4) is 0 Å². The minimum atomic E-state index is 0.276. The fourth-order valence-electron chi connectivity index (χ4n) is 2.17. The van der Waals surface area contributed by atoms with Gasteiger partial charge in [0.25, 0.3) is 0 Å². The van der Waals surface area contributed by atoms with Gasteiger partial charge in [0.05, 0.1) is 0 Å². The van der Waals surface area contributed by atoms with Gasteiger partial charge in [-0.15, -0.1) is 0 Å². The van der Waals surface area contributed by atoms with E-state index in [0.29, 0.717) is 6.04 Å². The van der Waals surface area contributed by atoms with Crippen molar-refractivity contribution in [1.82, 2.24) is 5.32 Å². The smallest absolute Gasteiger partial charge is 0.0366 e. The maximum atomic E-state index is 3.62. The summed E-state index contributed by atoms with van der Waals surface area (Å²) in [5, 5.41) is 3.62. The van der Waals surface area contributed by atoms with Crippen molar-refractivity contribution in [2.75, 3.05) is 24.5 Å². The van der Waals surface area contributed by atoms with Gasteiger partial charge in [-0.25, -0.2) is 0 Å². The number of hydrogen-bond donors (Lipinski definition) is 1. The highest BCUT2D eigenvalue weighted by molar-refractivity contribution is 5.46. The van der Waals surface area contributed by atoms with Crippen LogP contribution in [0.1, 0.15) is 34.6 Å². The molecule has 0 amide bonds. The molecule has 0 spiro atoms. The van der Waals surface area contributed by atoms with Crippen LogP contribution in [0.5, 0.6) is 0 Å². The highest BCUT2D eigenvalue weighted by Gasteiger charge is 2.25. The summed E-state index contributed by atoms with van der Waals surface area (Å²) >= 11 is 0. The van der Waals surface area contributed by atoms with E-state index < -0.39 is 0 Å². The first kappa shape index (κ1) is 15.0. The second-order valence-electron chi connectivity index (χ2n) is 5.85. The standard InChI is InChI=1S/C16H28N2/c1-6-17-15(16(3,4)5)13-18(7-2)14-11-9-8-10-12-14/h8-12,15,17H,6-7,13H2,1-5H3. The van der Waals surface area contributed by atoms with Crippen LogP contribution in [0.25, 0.3) is 0 Å². The molecule has 1 aromatic carbocycles. The summed E-state index contributed by atoms with van der Waals surface area (Å²) in [7, 11) is 0. The maximum Gasteiger partial charge on any atom is 0.0366 e. The Balaban J connectivity index is 2.77. The molecule has 0 saturated heterocycles. The molecule has 2 nitrogen and oxygen atoms in total. The first-order valence-corrected chi connectivity index (χ1v) is 7.02. The molecule has 0 bridgehead atoms. The lowest BCUT2D eigenvalue weighted by molar-refractivity contribution is 0.274. The van der Waals surface area contributed by atoms with Crippen molar-refractivity contribution in [3.8, 4) is 0 Å². The van der Waals surface area contributed by atoms with E-state index in [4.69, 9.17) is 0 Å². The molecule has 1 rings (SSSR count). The minimum absolute atomic E-state index is 0.276. The molecule has 0 aliphatic rings. The molecule has 0 fully saturated rings. The van der Waals surface area contributed by atoms with E-state index in [9.17, 15) is 0 Å². The van der Waals surface area contributed by atoms with Gasteiger partial charge in [0.2, 0.25) is 0 Å². The highest BCUT2D eigenvalue weighted by Crippen LogP contribution is 2.22. The van der Waals surface area contributed by atoms with Gasteiger partial charge in [-0.05, 0) is 31.0 Å². The highest BCUT2D eigenvalue weighted by atomic mass is 15.2. The summed E-state index contributed by atoms with van der Waals surface area (Å²) in [6.45, 7) is 14.4. The van der Waals surface area contributed by atoms with Gasteiger partial charge in [0.1, 0.15) is 0 Å². The Morgan fingerprint density at radius 2 is 1.72 bits per heavy atom. The van der Waals surface area contributed by atoms with Gasteiger partial charge in [0.15, 0.2) is 0 Å². The van der Waals surface area contributed by atoms with E-state index in [1.807, 2.05) is 0 Å². The zero-order chi connectivity index (χ0) is 13.6. The van der Waals surface area contributed by atoms with Crippen LogP contribution in [0.4, 0.5) is 5.69 Å². The molecule has 0 saturated carbocycles. The molecular weight excluding hydrogens is 220 g/mol. The second kappa shape index (κ2) is 6.79. The van der Waals surface area contributed by atoms with Crippen LogP contribution in [0.15, 0.2) is 30.3 Å². The van der Waals surface area contributed by atoms with E-state index in [1.165, 1.54) is 5.69 Å². The first-order valence-electron chi connectivity index (χ1n) is 7.02. The Morgan fingerprint density at radius 3 is 2.17 bits per heavy atom. The molecule has 2 heteroatoms. The van der Waals surface area contributed by atoms with E-state index in [2.05, 4.69) is 75.2 Å². The summed E-state index contributed by atoms with van der Waals surface area (Å²) in [5.74, 6) is 0. The van der Waals surface area contributed by atoms with Gasteiger partial charge in [-0.1, -0.05) is 45.9 Å². The lowest BCUT2D eigenvalue weighted by Gasteiger charge is -2.36. The van der Waals surface area contributed by atoms with E-state index >= 15 is 0 Å². The van der Waals surface area contributed by atoms with Gasteiger partial charge < -0.3 is 10.2 Å². The van der Waals surface area contributed by atoms with E-state index in [0.717, 1.165) is 19.6 Å². The average molecular weight is 248 g/mol. The number of rotatable bonds is 6. The predicted octanol–water partition coefficient (Wildman–Crippen LogP) is 3.54. The van der Waals surface area contributed by atoms with E-state index in [1.54, 1.807) is 0 Å². The number of likely N-dealkylation sites (N-methyl/N-ethyl adjacent to an activating group) is 2. The number of anilines is 1. The van der Waals surface area contributed by atoms with Crippen LogP contribution in [-0.2, 0) is 0 Å². The van der Waals surface area contributed by atoms with Crippen LogP contribution >= 0.6 is 0 Å². The van der Waals surface area contributed by atoms with Crippen molar-refractivity contribution in [3.05, 3.63) is 30.3 Å². The number of para-hydroxylation sites is 1. The van der Waals surface area contributed by atoms with Gasteiger partial charge in [-0.2, -0.15) is 0 Å².